The van der Waals surface area contributed by atoms with Gasteiger partial charge in [-0.3, -0.25) is 4.79 Å². The molecular weight excluding hydrogens is 268 g/mol. The standard InChI is InChI=1S/C16H32N2O3/c1-12(2)10-17(11-13(3)4)16(21)18(14(5)6)9-7-8-15(19)20/h12-14H,7-11H2,1-6H3,(H,19,20). The van der Waals surface area contributed by atoms with Crippen molar-refractivity contribution in [2.45, 2.75) is 60.4 Å². The third-order valence-electron chi connectivity index (χ3n) is 3.10. The summed E-state index contributed by atoms with van der Waals surface area (Å²) in [6.07, 6.45) is 0.599. The fraction of sp³-hybridized carbons (Fsp3) is 0.875. The molecule has 5 heteroatoms. The van der Waals surface area contributed by atoms with E-state index in [0.717, 1.165) is 13.1 Å². The van der Waals surface area contributed by atoms with E-state index in [1.54, 1.807) is 4.90 Å². The maximum absolute atomic E-state index is 12.7. The second kappa shape index (κ2) is 9.64. The minimum absolute atomic E-state index is 0.0257. The monoisotopic (exact) mass is 300 g/mol. The van der Waals surface area contributed by atoms with Crippen LogP contribution in [-0.2, 0) is 4.79 Å². The minimum atomic E-state index is -0.813. The molecule has 0 unspecified atom stereocenters. The highest BCUT2D eigenvalue weighted by molar-refractivity contribution is 5.75. The molecule has 1 N–H and O–H groups in total. The fourth-order valence-electron chi connectivity index (χ4n) is 2.27. The summed E-state index contributed by atoms with van der Waals surface area (Å²) < 4.78 is 0. The Bertz CT molecular complexity index is 317. The zero-order valence-electron chi connectivity index (χ0n) is 14.4. The number of carbonyl (C=O) groups is 2. The number of aliphatic carboxylic acids is 1. The van der Waals surface area contributed by atoms with E-state index in [0.29, 0.717) is 24.8 Å². The van der Waals surface area contributed by atoms with Gasteiger partial charge in [-0.25, -0.2) is 4.79 Å². The van der Waals surface area contributed by atoms with Crippen LogP contribution in [0.1, 0.15) is 54.4 Å². The summed E-state index contributed by atoms with van der Waals surface area (Å²) in [7, 11) is 0. The number of urea groups is 1. The lowest BCUT2D eigenvalue weighted by Gasteiger charge is -2.35. The lowest BCUT2D eigenvalue weighted by atomic mass is 10.1. The first-order valence-corrected chi connectivity index (χ1v) is 7.92. The summed E-state index contributed by atoms with van der Waals surface area (Å²) >= 11 is 0. The Morgan fingerprint density at radius 3 is 1.76 bits per heavy atom. The number of nitrogens with zero attached hydrogens (tertiary/aromatic N) is 2. The topological polar surface area (TPSA) is 60.9 Å². The highest BCUT2D eigenvalue weighted by Crippen LogP contribution is 2.11. The van der Waals surface area contributed by atoms with Crippen molar-refractivity contribution in [3.63, 3.8) is 0 Å². The number of rotatable bonds is 9. The Morgan fingerprint density at radius 2 is 1.43 bits per heavy atom. The Kier molecular flexibility index (Phi) is 9.06. The van der Waals surface area contributed by atoms with Crippen LogP contribution in [0.4, 0.5) is 4.79 Å². The van der Waals surface area contributed by atoms with Crippen LogP contribution in [0, 0.1) is 11.8 Å². The summed E-state index contributed by atoms with van der Waals surface area (Å²) in [4.78, 5) is 27.1. The van der Waals surface area contributed by atoms with Crippen molar-refractivity contribution in [3.8, 4) is 0 Å². The highest BCUT2D eigenvalue weighted by atomic mass is 16.4. The van der Waals surface area contributed by atoms with Gasteiger partial charge in [0.15, 0.2) is 0 Å². The van der Waals surface area contributed by atoms with Crippen LogP contribution in [0.3, 0.4) is 0 Å². The summed E-state index contributed by atoms with van der Waals surface area (Å²) in [6.45, 7) is 14.3. The molecule has 0 aliphatic carbocycles. The molecule has 0 atom stereocenters. The molecule has 0 heterocycles. The van der Waals surface area contributed by atoms with Gasteiger partial charge in [0, 0.05) is 32.1 Å². The molecule has 0 rings (SSSR count). The van der Waals surface area contributed by atoms with Gasteiger partial charge in [-0.1, -0.05) is 27.7 Å². The largest absolute Gasteiger partial charge is 0.481 e. The van der Waals surface area contributed by atoms with Crippen molar-refractivity contribution in [1.29, 1.82) is 0 Å². The smallest absolute Gasteiger partial charge is 0.320 e. The van der Waals surface area contributed by atoms with E-state index in [1.807, 2.05) is 18.7 Å². The number of hydrogen-bond acceptors (Lipinski definition) is 2. The minimum Gasteiger partial charge on any atom is -0.481 e. The summed E-state index contributed by atoms with van der Waals surface area (Å²) in [6, 6.07) is 0.103. The van der Waals surface area contributed by atoms with E-state index < -0.39 is 5.97 Å². The van der Waals surface area contributed by atoms with Crippen LogP contribution in [0.25, 0.3) is 0 Å². The van der Waals surface area contributed by atoms with Gasteiger partial charge in [-0.2, -0.15) is 0 Å². The summed E-state index contributed by atoms with van der Waals surface area (Å²) in [5.74, 6) is 0.0221. The first-order valence-electron chi connectivity index (χ1n) is 7.92. The molecule has 124 valence electrons. The van der Waals surface area contributed by atoms with Crippen LogP contribution in [0.5, 0.6) is 0 Å². The summed E-state index contributed by atoms with van der Waals surface area (Å²) in [5, 5.41) is 8.74. The van der Waals surface area contributed by atoms with Crippen LogP contribution in [-0.4, -0.2) is 52.6 Å². The van der Waals surface area contributed by atoms with E-state index in [2.05, 4.69) is 27.7 Å². The van der Waals surface area contributed by atoms with Crippen LogP contribution < -0.4 is 0 Å². The Morgan fingerprint density at radius 1 is 0.952 bits per heavy atom. The van der Waals surface area contributed by atoms with Gasteiger partial charge >= 0.3 is 12.0 Å². The van der Waals surface area contributed by atoms with E-state index in [-0.39, 0.29) is 18.5 Å². The predicted octanol–water partition coefficient (Wildman–Crippen LogP) is 3.30. The second-order valence-corrected chi connectivity index (χ2v) is 6.76. The molecule has 0 saturated heterocycles. The van der Waals surface area contributed by atoms with E-state index in [9.17, 15) is 9.59 Å². The number of hydrogen-bond donors (Lipinski definition) is 1. The first kappa shape index (κ1) is 19.7. The lowest BCUT2D eigenvalue weighted by molar-refractivity contribution is -0.137. The molecule has 0 aromatic carbocycles. The second-order valence-electron chi connectivity index (χ2n) is 6.76. The highest BCUT2D eigenvalue weighted by Gasteiger charge is 2.24. The van der Waals surface area contributed by atoms with Gasteiger partial charge in [0.25, 0.3) is 0 Å². The maximum Gasteiger partial charge on any atom is 0.320 e. The Hall–Kier alpha value is -1.26. The summed E-state index contributed by atoms with van der Waals surface area (Å²) in [5.41, 5.74) is 0. The average Bonchev–Trinajstić information content (AvgIpc) is 2.31. The molecule has 2 amide bonds. The van der Waals surface area contributed by atoms with Crippen molar-refractivity contribution in [1.82, 2.24) is 9.80 Å². The van der Waals surface area contributed by atoms with Crippen molar-refractivity contribution < 1.29 is 14.7 Å². The van der Waals surface area contributed by atoms with Crippen LogP contribution in [0.15, 0.2) is 0 Å². The Labute approximate surface area is 129 Å². The SMILES string of the molecule is CC(C)CN(CC(C)C)C(=O)N(CCCC(=O)O)C(C)C. The molecule has 0 radical (unpaired) electrons. The number of carboxylic acid groups (broad SMARTS) is 1. The van der Waals surface area contributed by atoms with Crippen molar-refractivity contribution in [2.24, 2.45) is 11.8 Å². The van der Waals surface area contributed by atoms with Crippen molar-refractivity contribution >= 4 is 12.0 Å². The zero-order chi connectivity index (χ0) is 16.6. The van der Waals surface area contributed by atoms with Gasteiger partial charge in [0.05, 0.1) is 0 Å². The molecule has 0 aromatic heterocycles. The third kappa shape index (κ3) is 8.58. The molecule has 21 heavy (non-hydrogen) atoms. The maximum atomic E-state index is 12.7. The van der Waals surface area contributed by atoms with Crippen molar-refractivity contribution in [2.75, 3.05) is 19.6 Å². The molecule has 0 fully saturated rings. The van der Waals surface area contributed by atoms with E-state index >= 15 is 0 Å². The predicted molar refractivity (Wildman–Crippen MR) is 85.4 cm³/mol. The number of carbonyl (C=O) groups excluding carboxylic acids is 1. The zero-order valence-corrected chi connectivity index (χ0v) is 14.4. The lowest BCUT2D eigenvalue weighted by Crippen LogP contribution is -2.49. The van der Waals surface area contributed by atoms with Gasteiger partial charge in [-0.15, -0.1) is 0 Å². The number of amides is 2. The molecule has 5 nitrogen and oxygen atoms in total. The molecule has 0 aliphatic rings. The quantitative estimate of drug-likeness (QED) is 0.710. The van der Waals surface area contributed by atoms with E-state index in [1.165, 1.54) is 0 Å². The van der Waals surface area contributed by atoms with Crippen molar-refractivity contribution in [3.05, 3.63) is 0 Å². The molecular formula is C16H32N2O3. The van der Waals surface area contributed by atoms with Gasteiger partial charge in [0.2, 0.25) is 0 Å². The van der Waals surface area contributed by atoms with Gasteiger partial charge in [-0.05, 0) is 32.1 Å². The third-order valence-corrected chi connectivity index (χ3v) is 3.10. The average molecular weight is 300 g/mol. The molecule has 0 spiro atoms. The van der Waals surface area contributed by atoms with Crippen LogP contribution in [0.2, 0.25) is 0 Å². The number of carboxylic acids is 1. The first-order chi connectivity index (χ1) is 9.65. The Balaban J connectivity index is 4.81. The molecule has 0 aliphatic heterocycles. The van der Waals surface area contributed by atoms with Crippen LogP contribution >= 0.6 is 0 Å². The van der Waals surface area contributed by atoms with Gasteiger partial charge in [0.1, 0.15) is 0 Å². The molecule has 0 aromatic rings. The normalized spacial score (nSPS) is 11.3. The molecule has 0 bridgehead atoms. The molecule has 0 saturated carbocycles. The fourth-order valence-corrected chi connectivity index (χ4v) is 2.27. The van der Waals surface area contributed by atoms with Gasteiger partial charge < -0.3 is 14.9 Å². The van der Waals surface area contributed by atoms with E-state index in [4.69, 9.17) is 5.11 Å².